The molecule has 0 unspecified atom stereocenters. The van der Waals surface area contributed by atoms with Crippen LogP contribution in [0.1, 0.15) is 65.9 Å². The zero-order valence-electron chi connectivity index (χ0n) is 22.3. The van der Waals surface area contributed by atoms with Gasteiger partial charge < -0.3 is 14.4 Å². The number of amides is 2. The second-order valence-corrected chi connectivity index (χ2v) is 9.59. The standard InChI is InChI=1S/C30H36F3N3O2/c1-4-6-16-35(21-27-14-9-17-34(27)20-24-11-7-10-23(3)18-24)28(37)22-36(15-5-2)29(38)25-12-8-13-26(19-25)30(31,32)33/h7-14,17-19H,4-6,15-16,20-22H2,1-3H3. The molecule has 0 saturated heterocycles. The largest absolute Gasteiger partial charge is 0.416 e. The summed E-state index contributed by atoms with van der Waals surface area (Å²) in [5.74, 6) is -0.805. The van der Waals surface area contributed by atoms with E-state index in [-0.39, 0.29) is 24.6 Å². The van der Waals surface area contributed by atoms with Gasteiger partial charge >= 0.3 is 6.18 Å². The first-order valence-corrected chi connectivity index (χ1v) is 13.1. The first-order chi connectivity index (χ1) is 18.1. The minimum atomic E-state index is -4.55. The third-order valence-electron chi connectivity index (χ3n) is 6.39. The minimum absolute atomic E-state index is 0.0757. The molecule has 3 aromatic rings. The molecular formula is C30H36F3N3O2. The van der Waals surface area contributed by atoms with Gasteiger partial charge in [-0.1, -0.05) is 56.2 Å². The summed E-state index contributed by atoms with van der Waals surface area (Å²) >= 11 is 0. The van der Waals surface area contributed by atoms with Crippen LogP contribution in [0, 0.1) is 6.92 Å². The Bertz CT molecular complexity index is 1220. The lowest BCUT2D eigenvalue weighted by atomic mass is 10.1. The molecule has 0 aliphatic carbocycles. The molecule has 0 aliphatic rings. The maximum Gasteiger partial charge on any atom is 0.416 e. The van der Waals surface area contributed by atoms with Gasteiger partial charge in [0, 0.05) is 37.1 Å². The number of carbonyl (C=O) groups is 2. The Morgan fingerprint density at radius 3 is 2.34 bits per heavy atom. The van der Waals surface area contributed by atoms with Gasteiger partial charge in [-0.2, -0.15) is 13.2 Å². The zero-order valence-corrected chi connectivity index (χ0v) is 22.3. The highest BCUT2D eigenvalue weighted by molar-refractivity contribution is 5.96. The van der Waals surface area contributed by atoms with Crippen molar-refractivity contribution in [2.75, 3.05) is 19.6 Å². The predicted molar refractivity (Wildman–Crippen MR) is 143 cm³/mol. The fraction of sp³-hybridized carbons (Fsp3) is 0.400. The summed E-state index contributed by atoms with van der Waals surface area (Å²) in [6, 6.07) is 16.6. The number of unbranched alkanes of at least 4 members (excludes halogenated alkanes) is 1. The van der Waals surface area contributed by atoms with E-state index in [9.17, 15) is 22.8 Å². The normalized spacial score (nSPS) is 11.4. The van der Waals surface area contributed by atoms with Crippen LogP contribution in [0.4, 0.5) is 13.2 Å². The monoisotopic (exact) mass is 527 g/mol. The van der Waals surface area contributed by atoms with E-state index < -0.39 is 17.6 Å². The van der Waals surface area contributed by atoms with Crippen molar-refractivity contribution in [3.8, 4) is 0 Å². The number of benzene rings is 2. The molecule has 0 aliphatic heterocycles. The van der Waals surface area contributed by atoms with E-state index in [4.69, 9.17) is 0 Å². The molecule has 8 heteroatoms. The van der Waals surface area contributed by atoms with Gasteiger partial charge in [0.25, 0.3) is 5.91 Å². The summed E-state index contributed by atoms with van der Waals surface area (Å²) < 4.78 is 41.7. The van der Waals surface area contributed by atoms with Crippen LogP contribution in [-0.2, 0) is 24.1 Å². The Labute approximate surface area is 222 Å². The first kappa shape index (κ1) is 29.0. The third kappa shape index (κ3) is 7.97. The molecule has 204 valence electrons. The molecule has 0 spiro atoms. The van der Waals surface area contributed by atoms with Crippen molar-refractivity contribution in [1.82, 2.24) is 14.4 Å². The van der Waals surface area contributed by atoms with Crippen molar-refractivity contribution in [3.63, 3.8) is 0 Å². The Morgan fingerprint density at radius 2 is 1.66 bits per heavy atom. The highest BCUT2D eigenvalue weighted by Crippen LogP contribution is 2.29. The zero-order chi connectivity index (χ0) is 27.7. The minimum Gasteiger partial charge on any atom is -0.345 e. The van der Waals surface area contributed by atoms with Gasteiger partial charge in [-0.25, -0.2) is 0 Å². The molecule has 1 heterocycles. The molecule has 5 nitrogen and oxygen atoms in total. The number of carbonyl (C=O) groups excluding carboxylic acids is 2. The molecule has 0 fully saturated rings. The topological polar surface area (TPSA) is 45.6 Å². The summed E-state index contributed by atoms with van der Waals surface area (Å²) in [6.45, 7) is 7.63. The van der Waals surface area contributed by atoms with Crippen LogP contribution in [0.2, 0.25) is 0 Å². The van der Waals surface area contributed by atoms with Gasteiger partial charge in [0.1, 0.15) is 6.54 Å². The van der Waals surface area contributed by atoms with Crippen molar-refractivity contribution in [1.29, 1.82) is 0 Å². The van der Waals surface area contributed by atoms with Crippen molar-refractivity contribution in [2.45, 2.75) is 59.3 Å². The molecule has 0 N–H and O–H groups in total. The maximum absolute atomic E-state index is 13.5. The molecule has 2 aromatic carbocycles. The van der Waals surface area contributed by atoms with E-state index in [1.807, 2.05) is 51.2 Å². The Hall–Kier alpha value is -3.55. The number of nitrogens with zero attached hydrogens (tertiary/aromatic N) is 3. The second-order valence-electron chi connectivity index (χ2n) is 9.59. The van der Waals surface area contributed by atoms with E-state index in [2.05, 4.69) is 16.7 Å². The molecule has 3 rings (SSSR count). The lowest BCUT2D eigenvalue weighted by Gasteiger charge is -2.28. The highest BCUT2D eigenvalue weighted by atomic mass is 19.4. The van der Waals surface area contributed by atoms with E-state index in [0.29, 0.717) is 26.1 Å². The lowest BCUT2D eigenvalue weighted by molar-refractivity contribution is -0.137. The van der Waals surface area contributed by atoms with E-state index >= 15 is 0 Å². The lowest BCUT2D eigenvalue weighted by Crippen LogP contribution is -2.43. The van der Waals surface area contributed by atoms with Gasteiger partial charge in [0.15, 0.2) is 0 Å². The van der Waals surface area contributed by atoms with E-state index in [0.717, 1.165) is 36.2 Å². The second kappa shape index (κ2) is 13.3. The number of alkyl halides is 3. The SMILES string of the molecule is CCCCN(Cc1cccn1Cc1cccc(C)c1)C(=O)CN(CCC)C(=O)c1cccc(C(F)(F)F)c1. The fourth-order valence-electron chi connectivity index (χ4n) is 4.39. The Kier molecular flexibility index (Phi) is 10.2. The third-order valence-corrected chi connectivity index (χ3v) is 6.39. The van der Waals surface area contributed by atoms with Gasteiger partial charge in [0.2, 0.25) is 5.91 Å². The smallest absolute Gasteiger partial charge is 0.345 e. The van der Waals surface area contributed by atoms with Crippen molar-refractivity contribution >= 4 is 11.8 Å². The van der Waals surface area contributed by atoms with E-state index in [1.54, 1.807) is 4.90 Å². The van der Waals surface area contributed by atoms with Crippen LogP contribution < -0.4 is 0 Å². The van der Waals surface area contributed by atoms with Crippen LogP contribution in [0.15, 0.2) is 66.9 Å². The number of hydrogen-bond acceptors (Lipinski definition) is 2. The summed E-state index contributed by atoms with van der Waals surface area (Å²) in [7, 11) is 0. The molecular weight excluding hydrogens is 491 g/mol. The molecule has 0 bridgehead atoms. The number of hydrogen-bond donors (Lipinski definition) is 0. The molecule has 1 aromatic heterocycles. The van der Waals surface area contributed by atoms with Crippen LogP contribution in [0.3, 0.4) is 0 Å². The van der Waals surface area contributed by atoms with Gasteiger partial charge in [-0.15, -0.1) is 0 Å². The van der Waals surface area contributed by atoms with Crippen LogP contribution in [0.5, 0.6) is 0 Å². The fourth-order valence-corrected chi connectivity index (χ4v) is 4.39. The van der Waals surface area contributed by atoms with Crippen molar-refractivity contribution < 1.29 is 22.8 Å². The average molecular weight is 528 g/mol. The first-order valence-electron chi connectivity index (χ1n) is 13.1. The van der Waals surface area contributed by atoms with Gasteiger partial charge in [-0.05, 0) is 55.7 Å². The average Bonchev–Trinajstić information content (AvgIpc) is 3.31. The summed E-state index contributed by atoms with van der Waals surface area (Å²) in [6.07, 6.45) is -0.283. The van der Waals surface area contributed by atoms with Gasteiger partial charge in [-0.3, -0.25) is 9.59 Å². The quantitative estimate of drug-likeness (QED) is 0.268. The molecule has 0 radical (unpaired) electrons. The molecule has 0 saturated carbocycles. The summed E-state index contributed by atoms with van der Waals surface area (Å²) in [5, 5.41) is 0. The molecule has 0 atom stereocenters. The predicted octanol–water partition coefficient (Wildman–Crippen LogP) is 6.54. The highest BCUT2D eigenvalue weighted by Gasteiger charge is 2.31. The number of aryl methyl sites for hydroxylation is 1. The van der Waals surface area contributed by atoms with Crippen molar-refractivity contribution in [2.24, 2.45) is 0 Å². The van der Waals surface area contributed by atoms with Crippen molar-refractivity contribution in [3.05, 3.63) is 94.8 Å². The van der Waals surface area contributed by atoms with Crippen LogP contribution >= 0.6 is 0 Å². The van der Waals surface area contributed by atoms with Gasteiger partial charge in [0.05, 0.1) is 12.1 Å². The summed E-state index contributed by atoms with van der Waals surface area (Å²) in [4.78, 5) is 29.7. The number of rotatable bonds is 12. The Morgan fingerprint density at radius 1 is 0.895 bits per heavy atom. The maximum atomic E-state index is 13.5. The van der Waals surface area contributed by atoms with E-state index in [1.165, 1.54) is 22.6 Å². The van der Waals surface area contributed by atoms with Crippen LogP contribution in [-0.4, -0.2) is 45.8 Å². The van der Waals surface area contributed by atoms with Crippen LogP contribution in [0.25, 0.3) is 0 Å². The Balaban J connectivity index is 1.78. The number of halogens is 3. The molecule has 38 heavy (non-hydrogen) atoms. The number of aromatic nitrogens is 1. The molecule has 2 amide bonds. The summed E-state index contributed by atoms with van der Waals surface area (Å²) in [5.41, 5.74) is 2.35.